The Labute approximate surface area is 345 Å². The van der Waals surface area contributed by atoms with Gasteiger partial charge in [-0.2, -0.15) is 0 Å². The zero-order valence-corrected chi connectivity index (χ0v) is 35.4. The first-order chi connectivity index (χ1) is 28.1. The molecular weight excluding hydrogens is 753 g/mol. The Bertz CT molecular complexity index is 2220. The van der Waals surface area contributed by atoms with E-state index in [1.165, 1.54) is 17.0 Å². The number of hydrogen-bond donors (Lipinski definition) is 4. The van der Waals surface area contributed by atoms with Gasteiger partial charge in [0.1, 0.15) is 30.5 Å². The van der Waals surface area contributed by atoms with Crippen LogP contribution in [-0.4, -0.2) is 105 Å². The van der Waals surface area contributed by atoms with Crippen LogP contribution in [0.4, 0.5) is 0 Å². The summed E-state index contributed by atoms with van der Waals surface area (Å²) in [5.41, 5.74) is 9.49. The average molecular weight is 811 g/mol. The van der Waals surface area contributed by atoms with Crippen molar-refractivity contribution in [3.63, 3.8) is 0 Å². The van der Waals surface area contributed by atoms with Gasteiger partial charge < -0.3 is 34.5 Å². The number of pyridine rings is 1. The molecule has 316 valence electrons. The Hall–Kier alpha value is -5.31. The minimum atomic E-state index is -1.16. The van der Waals surface area contributed by atoms with Crippen molar-refractivity contribution in [3.05, 3.63) is 71.5 Å². The molecule has 0 radical (unpaired) electrons. The Morgan fingerprint density at radius 3 is 2.58 bits per heavy atom. The van der Waals surface area contributed by atoms with E-state index in [4.69, 9.17) is 14.5 Å². The number of likely N-dealkylation sites (N-methyl/N-ethyl adjacent to an activating group) is 1. The molecule has 0 saturated carbocycles. The van der Waals surface area contributed by atoms with Crippen LogP contribution in [0.25, 0.3) is 33.3 Å². The van der Waals surface area contributed by atoms with Crippen molar-refractivity contribution in [1.29, 1.82) is 0 Å². The number of ether oxygens (including phenoxy) is 2. The predicted octanol–water partition coefficient (Wildman–Crippen LogP) is 4.93. The van der Waals surface area contributed by atoms with Gasteiger partial charge in [0.2, 0.25) is 11.8 Å². The van der Waals surface area contributed by atoms with Gasteiger partial charge in [-0.25, -0.2) is 5.43 Å². The molecule has 2 aliphatic heterocycles. The molecule has 2 aliphatic rings. The van der Waals surface area contributed by atoms with Crippen LogP contribution >= 0.6 is 0 Å². The number of phenolic OH excluding ortho intramolecular Hbond substituents is 1. The third-order valence-electron chi connectivity index (χ3n) is 11.5. The molecule has 6 rings (SSSR count). The molecule has 6 bridgehead atoms. The molecule has 3 amide bonds. The van der Waals surface area contributed by atoms with Crippen LogP contribution in [0.2, 0.25) is 0 Å². The van der Waals surface area contributed by atoms with E-state index in [1.54, 1.807) is 39.3 Å². The highest BCUT2D eigenvalue weighted by atomic mass is 16.5. The minimum absolute atomic E-state index is 0.0126. The minimum Gasteiger partial charge on any atom is -0.508 e. The standard InChI is InChI=1S/C45H58N6O8/c1-9-50-37-15-14-29-22-33(37)34(41(50)32-12-10-16-46-39(32)27(4)58-8)23-45(5,6)25-59-44(57)35-13-11-17-51(48-35)43(56)36(20-28-18-30(29)21-31(53)19-28)47-42(55)40(26(2)3)49(7)38(54)24-52/h10,12,14-16,18-19,21-22,26-27,35-36,40,48,52-53H,9,11,13,17,20,23-25H2,1-8H3,(H,47,55)/t27-,35-,36-,40-/m0/s1. The molecule has 0 aliphatic carbocycles. The number of cyclic esters (lactones) is 1. The molecule has 4 N–H and O–H groups in total. The van der Waals surface area contributed by atoms with Gasteiger partial charge in [0.05, 0.1) is 24.1 Å². The highest BCUT2D eigenvalue weighted by Crippen LogP contribution is 2.42. The van der Waals surface area contributed by atoms with E-state index in [2.05, 4.69) is 54.3 Å². The summed E-state index contributed by atoms with van der Waals surface area (Å²) in [6.45, 7) is 12.0. The van der Waals surface area contributed by atoms with E-state index in [9.17, 15) is 29.4 Å². The molecule has 1 fully saturated rings. The highest BCUT2D eigenvalue weighted by molar-refractivity contribution is 5.96. The Kier molecular flexibility index (Phi) is 13.1. The first-order valence-electron chi connectivity index (χ1n) is 20.4. The number of hydrogen-bond acceptors (Lipinski definition) is 10. The summed E-state index contributed by atoms with van der Waals surface area (Å²) in [6.07, 6.45) is 2.98. The number of aryl methyl sites for hydroxylation is 1. The van der Waals surface area contributed by atoms with E-state index in [-0.39, 0.29) is 37.3 Å². The number of amides is 3. The molecule has 4 aromatic rings. The number of hydrazine groups is 1. The molecule has 0 spiro atoms. The lowest BCUT2D eigenvalue weighted by atomic mass is 9.84. The number of aromatic nitrogens is 2. The number of methoxy groups -OCH3 is 1. The van der Waals surface area contributed by atoms with Gasteiger partial charge in [0.25, 0.3) is 5.91 Å². The van der Waals surface area contributed by atoms with Crippen LogP contribution < -0.4 is 10.7 Å². The van der Waals surface area contributed by atoms with Crippen molar-refractivity contribution in [2.24, 2.45) is 11.3 Å². The molecule has 14 heteroatoms. The number of carbonyl (C=O) groups excluding carboxylic acids is 4. The van der Waals surface area contributed by atoms with Crippen LogP contribution in [0.3, 0.4) is 0 Å². The summed E-state index contributed by atoms with van der Waals surface area (Å²) in [5.74, 6) is -2.56. The van der Waals surface area contributed by atoms with Crippen LogP contribution in [0.15, 0.2) is 54.7 Å². The van der Waals surface area contributed by atoms with Crippen molar-refractivity contribution in [3.8, 4) is 28.1 Å². The average Bonchev–Trinajstić information content (AvgIpc) is 3.52. The monoisotopic (exact) mass is 810 g/mol. The molecular formula is C45H58N6O8. The normalized spacial score (nSPS) is 19.5. The summed E-state index contributed by atoms with van der Waals surface area (Å²) >= 11 is 0. The van der Waals surface area contributed by atoms with Crippen LogP contribution in [-0.2, 0) is 48.0 Å². The second kappa shape index (κ2) is 17.9. The third kappa shape index (κ3) is 9.14. The van der Waals surface area contributed by atoms with Crippen molar-refractivity contribution in [2.75, 3.05) is 33.9 Å². The highest BCUT2D eigenvalue weighted by Gasteiger charge is 2.37. The number of carbonyl (C=O) groups is 4. The number of aliphatic hydroxyl groups excluding tert-OH is 1. The molecule has 2 aromatic heterocycles. The molecule has 14 nitrogen and oxygen atoms in total. The maximum Gasteiger partial charge on any atom is 0.324 e. The third-order valence-corrected chi connectivity index (χ3v) is 11.5. The quantitative estimate of drug-likeness (QED) is 0.170. The molecule has 0 unspecified atom stereocenters. The van der Waals surface area contributed by atoms with Gasteiger partial charge in [0.15, 0.2) is 0 Å². The van der Waals surface area contributed by atoms with E-state index in [0.717, 1.165) is 39.0 Å². The summed E-state index contributed by atoms with van der Waals surface area (Å²) < 4.78 is 14.1. The fraction of sp³-hybridized carbons (Fsp3) is 0.489. The molecule has 59 heavy (non-hydrogen) atoms. The predicted molar refractivity (Wildman–Crippen MR) is 224 cm³/mol. The molecule has 4 heterocycles. The Balaban J connectivity index is 1.52. The fourth-order valence-electron chi connectivity index (χ4n) is 8.52. The summed E-state index contributed by atoms with van der Waals surface area (Å²) in [4.78, 5) is 60.7. The second-order valence-electron chi connectivity index (χ2n) is 16.9. The maximum atomic E-state index is 14.4. The number of phenols is 1. The number of rotatable bonds is 9. The summed E-state index contributed by atoms with van der Waals surface area (Å²) in [6, 6.07) is 12.4. The zero-order valence-electron chi connectivity index (χ0n) is 35.4. The zero-order chi connectivity index (χ0) is 42.8. The topological polar surface area (TPSA) is 176 Å². The van der Waals surface area contributed by atoms with Crippen LogP contribution in [0.5, 0.6) is 5.75 Å². The number of benzene rings is 2. The number of nitrogens with zero attached hydrogens (tertiary/aromatic N) is 4. The second-order valence-corrected chi connectivity index (χ2v) is 16.9. The lowest BCUT2D eigenvalue weighted by Gasteiger charge is -2.36. The van der Waals surface area contributed by atoms with Gasteiger partial charge in [-0.15, -0.1) is 0 Å². The summed E-state index contributed by atoms with van der Waals surface area (Å²) in [5, 5.41) is 26.0. The van der Waals surface area contributed by atoms with Crippen LogP contribution in [0.1, 0.15) is 77.3 Å². The van der Waals surface area contributed by atoms with Gasteiger partial charge in [0, 0.05) is 61.7 Å². The largest absolute Gasteiger partial charge is 0.508 e. The first-order valence-corrected chi connectivity index (χ1v) is 20.4. The fourth-order valence-corrected chi connectivity index (χ4v) is 8.52. The number of nitrogens with one attached hydrogen (secondary N) is 2. The number of esters is 1. The van der Waals surface area contributed by atoms with E-state index < -0.39 is 53.8 Å². The Morgan fingerprint density at radius 2 is 1.88 bits per heavy atom. The van der Waals surface area contributed by atoms with Gasteiger partial charge in [-0.3, -0.25) is 29.2 Å². The van der Waals surface area contributed by atoms with Crippen molar-refractivity contribution >= 4 is 34.6 Å². The molecule has 1 saturated heterocycles. The number of aromatic hydroxyl groups is 1. The lowest BCUT2D eigenvalue weighted by Crippen LogP contribution is -2.62. The van der Waals surface area contributed by atoms with Gasteiger partial charge in [-0.05, 0) is 97.7 Å². The van der Waals surface area contributed by atoms with E-state index in [0.29, 0.717) is 36.9 Å². The van der Waals surface area contributed by atoms with Gasteiger partial charge in [-0.1, -0.05) is 39.8 Å². The number of aliphatic hydroxyl groups is 1. The van der Waals surface area contributed by atoms with E-state index in [1.807, 2.05) is 25.1 Å². The van der Waals surface area contributed by atoms with Crippen molar-refractivity contribution in [1.82, 2.24) is 30.2 Å². The first kappa shape index (κ1) is 43.3. The van der Waals surface area contributed by atoms with Crippen molar-refractivity contribution in [2.45, 2.75) is 98.0 Å². The van der Waals surface area contributed by atoms with Crippen LogP contribution in [0, 0.1) is 11.3 Å². The SMILES string of the molecule is CCn1c(-c2cccnc2[C@H](C)OC)c2c3cc(ccc31)-c1cc(O)cc(c1)C[C@H](NC(=O)[C@H](C(C)C)N(C)C(=O)CO)C(=O)N1CCC[C@H](N1)C(=O)OCC(C)(C)C2. The molecule has 4 atom stereocenters. The summed E-state index contributed by atoms with van der Waals surface area (Å²) in [7, 11) is 3.11. The van der Waals surface area contributed by atoms with Gasteiger partial charge >= 0.3 is 5.97 Å². The van der Waals surface area contributed by atoms with E-state index >= 15 is 0 Å². The molecule has 2 aromatic carbocycles. The maximum absolute atomic E-state index is 14.4. The number of fused-ring (bicyclic) bond motifs is 6. The van der Waals surface area contributed by atoms with Crippen molar-refractivity contribution < 1.29 is 38.9 Å². The Morgan fingerprint density at radius 1 is 1.12 bits per heavy atom. The smallest absolute Gasteiger partial charge is 0.324 e. The lowest BCUT2D eigenvalue weighted by molar-refractivity contribution is -0.155.